The maximum Gasteiger partial charge on any atom is 0.354 e. The van der Waals surface area contributed by atoms with Crippen LogP contribution in [0.2, 0.25) is 0 Å². The summed E-state index contributed by atoms with van der Waals surface area (Å²) in [7, 11) is 0. The Morgan fingerprint density at radius 1 is 1.33 bits per heavy atom. The minimum absolute atomic E-state index is 0.0564. The van der Waals surface area contributed by atoms with Crippen LogP contribution in [0, 0.1) is 0 Å². The lowest BCUT2D eigenvalue weighted by atomic mass is 10.3. The van der Waals surface area contributed by atoms with E-state index < -0.39 is 11.9 Å². The van der Waals surface area contributed by atoms with E-state index in [-0.39, 0.29) is 5.70 Å². The number of unbranched alkanes of at least 4 members (excludes halogenated alkanes) is 1. The van der Waals surface area contributed by atoms with Crippen LogP contribution in [0.3, 0.4) is 0 Å². The first-order chi connectivity index (χ1) is 6.99. The molecular formula is C11H17NO3. The summed E-state index contributed by atoms with van der Waals surface area (Å²) in [5, 5.41) is 2.30. The SMILES string of the molecule is C=C(C)C(=O)NC(=C)C(=O)OCCCC. The van der Waals surface area contributed by atoms with E-state index in [1.54, 1.807) is 6.92 Å². The monoisotopic (exact) mass is 211 g/mol. The van der Waals surface area contributed by atoms with E-state index in [9.17, 15) is 9.59 Å². The first-order valence-electron chi connectivity index (χ1n) is 4.82. The van der Waals surface area contributed by atoms with Gasteiger partial charge < -0.3 is 10.1 Å². The molecule has 0 aromatic heterocycles. The maximum absolute atomic E-state index is 11.2. The molecule has 0 radical (unpaired) electrons. The van der Waals surface area contributed by atoms with E-state index in [2.05, 4.69) is 18.5 Å². The van der Waals surface area contributed by atoms with E-state index in [1.807, 2.05) is 6.92 Å². The molecule has 4 heteroatoms. The highest BCUT2D eigenvalue weighted by Gasteiger charge is 2.11. The van der Waals surface area contributed by atoms with Gasteiger partial charge in [-0.1, -0.05) is 26.5 Å². The Kier molecular flexibility index (Phi) is 6.09. The maximum atomic E-state index is 11.2. The topological polar surface area (TPSA) is 55.4 Å². The largest absolute Gasteiger partial charge is 0.461 e. The van der Waals surface area contributed by atoms with Gasteiger partial charge in [0.2, 0.25) is 0 Å². The molecule has 0 spiro atoms. The standard InChI is InChI=1S/C11H17NO3/c1-5-6-7-15-11(14)9(4)12-10(13)8(2)3/h2,4-7H2,1,3H3,(H,12,13). The Morgan fingerprint density at radius 2 is 1.93 bits per heavy atom. The predicted octanol–water partition coefficient (Wildman–Crippen LogP) is 1.54. The Labute approximate surface area is 90.0 Å². The van der Waals surface area contributed by atoms with Crippen LogP contribution in [-0.4, -0.2) is 18.5 Å². The lowest BCUT2D eigenvalue weighted by Gasteiger charge is -2.07. The third-order valence-electron chi connectivity index (χ3n) is 1.63. The van der Waals surface area contributed by atoms with E-state index in [0.717, 1.165) is 12.8 Å². The summed E-state index contributed by atoms with van der Waals surface area (Å²) in [5.41, 5.74) is 0.261. The van der Waals surface area contributed by atoms with Crippen molar-refractivity contribution in [1.82, 2.24) is 5.32 Å². The molecule has 84 valence electrons. The fourth-order valence-electron chi connectivity index (χ4n) is 0.691. The lowest BCUT2D eigenvalue weighted by molar-refractivity contribution is -0.140. The van der Waals surface area contributed by atoms with Gasteiger partial charge in [-0.3, -0.25) is 4.79 Å². The van der Waals surface area contributed by atoms with Crippen molar-refractivity contribution in [3.63, 3.8) is 0 Å². The molecule has 0 aliphatic carbocycles. The van der Waals surface area contributed by atoms with E-state index >= 15 is 0 Å². The molecule has 0 aliphatic heterocycles. The second-order valence-electron chi connectivity index (χ2n) is 3.20. The average Bonchev–Trinajstić information content (AvgIpc) is 2.17. The third-order valence-corrected chi connectivity index (χ3v) is 1.63. The van der Waals surface area contributed by atoms with Crippen LogP contribution >= 0.6 is 0 Å². The second-order valence-corrected chi connectivity index (χ2v) is 3.20. The molecular weight excluding hydrogens is 194 g/mol. The summed E-state index contributed by atoms with van der Waals surface area (Å²) < 4.78 is 4.84. The number of hydrogen-bond acceptors (Lipinski definition) is 3. The third kappa shape index (κ3) is 5.67. The number of rotatable bonds is 6. The minimum atomic E-state index is -0.599. The molecule has 15 heavy (non-hydrogen) atoms. The zero-order valence-electron chi connectivity index (χ0n) is 9.26. The highest BCUT2D eigenvalue weighted by atomic mass is 16.5. The fourth-order valence-corrected chi connectivity index (χ4v) is 0.691. The second kappa shape index (κ2) is 6.81. The summed E-state index contributed by atoms with van der Waals surface area (Å²) >= 11 is 0. The summed E-state index contributed by atoms with van der Waals surface area (Å²) in [6.07, 6.45) is 1.74. The Bertz CT molecular complexity index is 282. The van der Waals surface area contributed by atoms with Gasteiger partial charge in [-0.2, -0.15) is 0 Å². The van der Waals surface area contributed by atoms with Crippen LogP contribution in [0.5, 0.6) is 0 Å². The van der Waals surface area contributed by atoms with Crippen LogP contribution in [-0.2, 0) is 14.3 Å². The van der Waals surface area contributed by atoms with Gasteiger partial charge in [-0.05, 0) is 13.3 Å². The van der Waals surface area contributed by atoms with E-state index in [4.69, 9.17) is 4.74 Å². The van der Waals surface area contributed by atoms with Gasteiger partial charge in [0.1, 0.15) is 5.70 Å². The quantitative estimate of drug-likeness (QED) is 0.412. The van der Waals surface area contributed by atoms with Gasteiger partial charge in [0, 0.05) is 5.57 Å². The molecule has 0 heterocycles. The minimum Gasteiger partial charge on any atom is -0.461 e. The summed E-state index contributed by atoms with van der Waals surface area (Å²) in [4.78, 5) is 22.3. The molecule has 0 atom stereocenters. The molecule has 4 nitrogen and oxygen atoms in total. The van der Waals surface area contributed by atoms with Crippen molar-refractivity contribution in [1.29, 1.82) is 0 Å². The first kappa shape index (κ1) is 13.4. The van der Waals surface area contributed by atoms with Crippen LogP contribution < -0.4 is 5.32 Å². The first-order valence-corrected chi connectivity index (χ1v) is 4.82. The number of carbonyl (C=O) groups is 2. The Morgan fingerprint density at radius 3 is 2.40 bits per heavy atom. The fraction of sp³-hybridized carbons (Fsp3) is 0.455. The number of esters is 1. The van der Waals surface area contributed by atoms with Gasteiger partial charge in [0.05, 0.1) is 6.61 Å². The Balaban J connectivity index is 3.94. The van der Waals surface area contributed by atoms with Crippen LogP contribution in [0.15, 0.2) is 24.4 Å². The zero-order chi connectivity index (χ0) is 11.8. The van der Waals surface area contributed by atoms with Crippen molar-refractivity contribution in [3.8, 4) is 0 Å². The molecule has 0 saturated heterocycles. The van der Waals surface area contributed by atoms with E-state index in [1.165, 1.54) is 0 Å². The number of ether oxygens (including phenoxy) is 1. The molecule has 0 unspecified atom stereocenters. The van der Waals surface area contributed by atoms with Crippen molar-refractivity contribution in [3.05, 3.63) is 24.4 Å². The molecule has 0 aromatic rings. The number of hydrogen-bond donors (Lipinski definition) is 1. The molecule has 0 aliphatic rings. The normalized spacial score (nSPS) is 9.20. The van der Waals surface area contributed by atoms with Gasteiger partial charge in [0.15, 0.2) is 0 Å². The summed E-state index contributed by atoms with van der Waals surface area (Å²) in [6, 6.07) is 0. The number of nitrogens with one attached hydrogen (secondary N) is 1. The van der Waals surface area contributed by atoms with E-state index in [0.29, 0.717) is 12.2 Å². The van der Waals surface area contributed by atoms with Crippen molar-refractivity contribution in [2.24, 2.45) is 0 Å². The Hall–Kier alpha value is -1.58. The molecule has 0 fully saturated rings. The van der Waals surface area contributed by atoms with Crippen LogP contribution in [0.25, 0.3) is 0 Å². The number of amides is 1. The molecule has 0 rings (SSSR count). The van der Waals surface area contributed by atoms with Crippen molar-refractivity contribution >= 4 is 11.9 Å². The predicted molar refractivity (Wildman–Crippen MR) is 58.0 cm³/mol. The molecule has 1 amide bonds. The van der Waals surface area contributed by atoms with Crippen molar-refractivity contribution in [2.75, 3.05) is 6.61 Å². The van der Waals surface area contributed by atoms with Gasteiger partial charge in [-0.25, -0.2) is 4.79 Å². The van der Waals surface area contributed by atoms with Crippen molar-refractivity contribution in [2.45, 2.75) is 26.7 Å². The van der Waals surface area contributed by atoms with Crippen LogP contribution in [0.1, 0.15) is 26.7 Å². The zero-order valence-corrected chi connectivity index (χ0v) is 9.26. The molecule has 0 aromatic carbocycles. The molecule has 0 bridgehead atoms. The molecule has 1 N–H and O–H groups in total. The highest BCUT2D eigenvalue weighted by Crippen LogP contribution is 1.96. The average molecular weight is 211 g/mol. The summed E-state index contributed by atoms with van der Waals surface area (Å²) in [5.74, 6) is -1.02. The lowest BCUT2D eigenvalue weighted by Crippen LogP contribution is -2.28. The van der Waals surface area contributed by atoms with Gasteiger partial charge >= 0.3 is 5.97 Å². The van der Waals surface area contributed by atoms with Gasteiger partial charge in [-0.15, -0.1) is 0 Å². The smallest absolute Gasteiger partial charge is 0.354 e. The number of carbonyl (C=O) groups excluding carboxylic acids is 2. The molecule has 0 saturated carbocycles. The van der Waals surface area contributed by atoms with Crippen molar-refractivity contribution < 1.29 is 14.3 Å². The highest BCUT2D eigenvalue weighted by molar-refractivity contribution is 5.99. The van der Waals surface area contributed by atoms with Gasteiger partial charge in [0.25, 0.3) is 5.91 Å². The summed E-state index contributed by atoms with van der Waals surface area (Å²) in [6.45, 7) is 10.7. The van der Waals surface area contributed by atoms with Crippen LogP contribution in [0.4, 0.5) is 0 Å².